The highest BCUT2D eigenvalue weighted by Crippen LogP contribution is 2.16. The predicted octanol–water partition coefficient (Wildman–Crippen LogP) is 2.58. The second-order valence-electron chi connectivity index (χ2n) is 5.75. The minimum Gasteiger partial charge on any atom is -0.351 e. The quantitative estimate of drug-likeness (QED) is 0.910. The zero-order valence-electron chi connectivity index (χ0n) is 12.9. The van der Waals surface area contributed by atoms with E-state index in [1.165, 1.54) is 22.3 Å². The van der Waals surface area contributed by atoms with Crippen molar-refractivity contribution in [2.45, 2.75) is 38.9 Å². The first kappa shape index (κ1) is 14.8. The van der Waals surface area contributed by atoms with Gasteiger partial charge in [0.25, 0.3) is 0 Å². The zero-order valence-corrected chi connectivity index (χ0v) is 12.9. The van der Waals surface area contributed by atoms with Gasteiger partial charge >= 0.3 is 0 Å². The van der Waals surface area contributed by atoms with Crippen molar-refractivity contribution < 1.29 is 4.79 Å². The molecule has 1 amide bonds. The van der Waals surface area contributed by atoms with Gasteiger partial charge in [0.2, 0.25) is 5.91 Å². The van der Waals surface area contributed by atoms with Crippen LogP contribution in [0.15, 0.2) is 48.5 Å². The van der Waals surface area contributed by atoms with Gasteiger partial charge < -0.3 is 10.6 Å². The summed E-state index contributed by atoms with van der Waals surface area (Å²) in [7, 11) is 0. The monoisotopic (exact) mass is 294 g/mol. The summed E-state index contributed by atoms with van der Waals surface area (Å²) in [6.07, 6.45) is 1.75. The first-order chi connectivity index (χ1) is 10.8. The highest BCUT2D eigenvalue weighted by molar-refractivity contribution is 5.82. The Kier molecular flexibility index (Phi) is 4.54. The maximum atomic E-state index is 12.4. The molecule has 1 unspecified atom stereocenters. The summed E-state index contributed by atoms with van der Waals surface area (Å²) in [5.41, 5.74) is 5.07. The lowest BCUT2D eigenvalue weighted by atomic mass is 9.95. The van der Waals surface area contributed by atoms with Crippen LogP contribution in [0.1, 0.15) is 29.2 Å². The minimum atomic E-state index is -0.135. The van der Waals surface area contributed by atoms with Crippen LogP contribution in [-0.2, 0) is 30.7 Å². The van der Waals surface area contributed by atoms with Crippen molar-refractivity contribution in [2.24, 2.45) is 0 Å². The maximum Gasteiger partial charge on any atom is 0.237 e. The number of fused-ring (bicyclic) bond motifs is 1. The molecule has 2 aromatic rings. The average Bonchev–Trinajstić information content (AvgIpc) is 2.59. The Balaban J connectivity index is 1.61. The average molecular weight is 294 g/mol. The molecular formula is C19H22N2O. The van der Waals surface area contributed by atoms with Crippen molar-refractivity contribution in [3.63, 3.8) is 0 Å². The third-order valence-corrected chi connectivity index (χ3v) is 4.35. The number of aryl methyl sites for hydroxylation is 1. The molecule has 0 spiro atoms. The lowest BCUT2D eigenvalue weighted by Gasteiger charge is -2.25. The topological polar surface area (TPSA) is 41.1 Å². The molecule has 0 aliphatic carbocycles. The van der Waals surface area contributed by atoms with Crippen LogP contribution in [0.2, 0.25) is 0 Å². The molecule has 1 aliphatic rings. The molecule has 22 heavy (non-hydrogen) atoms. The number of hydrogen-bond donors (Lipinski definition) is 2. The fourth-order valence-corrected chi connectivity index (χ4v) is 3.02. The molecule has 114 valence electrons. The van der Waals surface area contributed by atoms with Crippen LogP contribution in [0.25, 0.3) is 0 Å². The van der Waals surface area contributed by atoms with Gasteiger partial charge in [0.15, 0.2) is 0 Å². The van der Waals surface area contributed by atoms with Crippen LogP contribution in [0.4, 0.5) is 0 Å². The van der Waals surface area contributed by atoms with Crippen LogP contribution >= 0.6 is 0 Å². The van der Waals surface area contributed by atoms with Crippen molar-refractivity contribution in [3.05, 3.63) is 70.8 Å². The normalized spacial score (nSPS) is 16.9. The Morgan fingerprint density at radius 1 is 1.09 bits per heavy atom. The predicted molar refractivity (Wildman–Crippen MR) is 88.4 cm³/mol. The number of rotatable bonds is 4. The van der Waals surface area contributed by atoms with E-state index in [1.54, 1.807) is 0 Å². The lowest BCUT2D eigenvalue weighted by Crippen LogP contribution is -2.47. The van der Waals surface area contributed by atoms with E-state index < -0.39 is 0 Å². The largest absolute Gasteiger partial charge is 0.351 e. The summed E-state index contributed by atoms with van der Waals surface area (Å²) in [6.45, 7) is 3.50. The molecule has 1 heterocycles. The van der Waals surface area contributed by atoms with Gasteiger partial charge in [-0.05, 0) is 35.1 Å². The molecule has 3 heteroatoms. The molecule has 1 aliphatic heterocycles. The Labute approximate surface area is 131 Å². The third-order valence-electron chi connectivity index (χ3n) is 4.35. The van der Waals surface area contributed by atoms with Crippen molar-refractivity contribution in [1.29, 1.82) is 0 Å². The molecule has 0 saturated carbocycles. The van der Waals surface area contributed by atoms with E-state index >= 15 is 0 Å². The summed E-state index contributed by atoms with van der Waals surface area (Å²) in [6, 6.07) is 16.5. The fourth-order valence-electron chi connectivity index (χ4n) is 3.02. The van der Waals surface area contributed by atoms with Gasteiger partial charge in [0.1, 0.15) is 0 Å². The first-order valence-corrected chi connectivity index (χ1v) is 7.92. The number of hydrogen-bond acceptors (Lipinski definition) is 2. The first-order valence-electron chi connectivity index (χ1n) is 7.92. The molecule has 0 fully saturated rings. The molecule has 0 saturated heterocycles. The Morgan fingerprint density at radius 2 is 1.77 bits per heavy atom. The molecule has 1 atom stereocenters. The molecule has 2 N–H and O–H groups in total. The summed E-state index contributed by atoms with van der Waals surface area (Å²) < 4.78 is 0. The number of benzene rings is 2. The van der Waals surface area contributed by atoms with E-state index in [1.807, 2.05) is 24.3 Å². The van der Waals surface area contributed by atoms with Crippen LogP contribution < -0.4 is 10.6 Å². The molecule has 0 aromatic heterocycles. The van der Waals surface area contributed by atoms with E-state index in [0.717, 1.165) is 19.4 Å². The highest BCUT2D eigenvalue weighted by atomic mass is 16.2. The Bertz CT molecular complexity index is 666. The van der Waals surface area contributed by atoms with E-state index in [2.05, 4.69) is 41.8 Å². The molecule has 0 radical (unpaired) electrons. The molecule has 3 nitrogen and oxygen atoms in total. The summed E-state index contributed by atoms with van der Waals surface area (Å²) >= 11 is 0. The molecule has 2 aromatic carbocycles. The van der Waals surface area contributed by atoms with Gasteiger partial charge in [-0.15, -0.1) is 0 Å². The summed E-state index contributed by atoms with van der Waals surface area (Å²) in [5.74, 6) is 0.0837. The van der Waals surface area contributed by atoms with E-state index in [-0.39, 0.29) is 11.9 Å². The van der Waals surface area contributed by atoms with Gasteiger partial charge in [-0.1, -0.05) is 55.5 Å². The van der Waals surface area contributed by atoms with E-state index in [9.17, 15) is 4.79 Å². The smallest absolute Gasteiger partial charge is 0.237 e. The van der Waals surface area contributed by atoms with E-state index in [4.69, 9.17) is 0 Å². The van der Waals surface area contributed by atoms with Gasteiger partial charge in [0.05, 0.1) is 6.04 Å². The van der Waals surface area contributed by atoms with Crippen molar-refractivity contribution in [1.82, 2.24) is 10.6 Å². The summed E-state index contributed by atoms with van der Waals surface area (Å²) in [4.78, 5) is 12.4. The lowest BCUT2D eigenvalue weighted by molar-refractivity contribution is -0.123. The highest BCUT2D eigenvalue weighted by Gasteiger charge is 2.23. The standard InChI is InChI=1S/C19H22N2O/c1-2-14-7-3-5-9-16(14)13-21-19(22)18-11-15-8-4-6-10-17(15)12-20-18/h3-10,18,20H,2,11-13H2,1H3,(H,21,22). The minimum absolute atomic E-state index is 0.0837. The van der Waals surface area contributed by atoms with Gasteiger partial charge in [-0.3, -0.25) is 4.79 Å². The molecule has 0 bridgehead atoms. The number of carbonyl (C=O) groups excluding carboxylic acids is 1. The summed E-state index contributed by atoms with van der Waals surface area (Å²) in [5, 5.41) is 6.40. The number of amides is 1. The van der Waals surface area contributed by atoms with Crippen molar-refractivity contribution >= 4 is 5.91 Å². The Hall–Kier alpha value is -2.13. The number of carbonyl (C=O) groups is 1. The zero-order chi connectivity index (χ0) is 15.4. The van der Waals surface area contributed by atoms with Gasteiger partial charge in [0, 0.05) is 13.1 Å². The van der Waals surface area contributed by atoms with Crippen LogP contribution in [0.5, 0.6) is 0 Å². The van der Waals surface area contributed by atoms with Crippen molar-refractivity contribution in [2.75, 3.05) is 0 Å². The maximum absolute atomic E-state index is 12.4. The van der Waals surface area contributed by atoms with Gasteiger partial charge in [-0.25, -0.2) is 0 Å². The van der Waals surface area contributed by atoms with E-state index in [0.29, 0.717) is 6.54 Å². The molecule has 3 rings (SSSR count). The fraction of sp³-hybridized carbons (Fsp3) is 0.316. The third kappa shape index (κ3) is 3.20. The van der Waals surface area contributed by atoms with Crippen LogP contribution in [-0.4, -0.2) is 11.9 Å². The Morgan fingerprint density at radius 3 is 2.55 bits per heavy atom. The number of nitrogens with one attached hydrogen (secondary N) is 2. The van der Waals surface area contributed by atoms with Crippen LogP contribution in [0, 0.1) is 0 Å². The van der Waals surface area contributed by atoms with Gasteiger partial charge in [-0.2, -0.15) is 0 Å². The van der Waals surface area contributed by atoms with Crippen LogP contribution in [0.3, 0.4) is 0 Å². The second-order valence-corrected chi connectivity index (χ2v) is 5.75. The molecular weight excluding hydrogens is 272 g/mol. The second kappa shape index (κ2) is 6.75. The van der Waals surface area contributed by atoms with Crippen molar-refractivity contribution in [3.8, 4) is 0 Å². The SMILES string of the molecule is CCc1ccccc1CNC(=O)C1Cc2ccccc2CN1.